The Bertz CT molecular complexity index is 721. The number of H-pyrrole nitrogens is 1. The maximum Gasteiger partial charge on any atom is 0.419 e. The number of alkyl halides is 3. The van der Waals surface area contributed by atoms with Crippen molar-refractivity contribution in [3.8, 4) is 5.75 Å². The summed E-state index contributed by atoms with van der Waals surface area (Å²) in [6.07, 6.45) is -3.14. The summed E-state index contributed by atoms with van der Waals surface area (Å²) in [5.41, 5.74) is 1.86. The molecule has 20 heavy (non-hydrogen) atoms. The summed E-state index contributed by atoms with van der Waals surface area (Å²) >= 11 is 1.36. The number of benzene rings is 1. The van der Waals surface area contributed by atoms with E-state index in [1.807, 2.05) is 0 Å². The average Bonchev–Trinajstić information content (AvgIpc) is 3.04. The van der Waals surface area contributed by atoms with Crippen LogP contribution in [0.2, 0.25) is 0 Å². The Morgan fingerprint density at radius 3 is 2.85 bits per heavy atom. The van der Waals surface area contributed by atoms with Crippen LogP contribution in [0.3, 0.4) is 0 Å². The lowest BCUT2D eigenvalue weighted by atomic mass is 10.1. The van der Waals surface area contributed by atoms with Crippen molar-refractivity contribution in [2.24, 2.45) is 0 Å². The summed E-state index contributed by atoms with van der Waals surface area (Å²) < 4.78 is 44.3. The van der Waals surface area contributed by atoms with Crippen molar-refractivity contribution >= 4 is 22.2 Å². The van der Waals surface area contributed by atoms with Crippen LogP contribution in [0.25, 0.3) is 10.9 Å². The number of nitrogens with one attached hydrogen (secondary N) is 1. The van der Waals surface area contributed by atoms with Gasteiger partial charge in [-0.05, 0) is 6.07 Å². The highest BCUT2D eigenvalue weighted by molar-refractivity contribution is 7.07. The Labute approximate surface area is 115 Å². The van der Waals surface area contributed by atoms with Gasteiger partial charge in [-0.3, -0.25) is 5.10 Å². The van der Waals surface area contributed by atoms with E-state index in [0.717, 1.165) is 6.07 Å². The number of ether oxygens (including phenoxy) is 1. The van der Waals surface area contributed by atoms with Crippen LogP contribution in [-0.4, -0.2) is 15.2 Å². The first-order valence-corrected chi connectivity index (χ1v) is 6.52. The second kappa shape index (κ2) is 4.78. The van der Waals surface area contributed by atoms with Crippen molar-refractivity contribution in [1.82, 2.24) is 15.2 Å². The van der Waals surface area contributed by atoms with Crippen LogP contribution in [0.1, 0.15) is 11.3 Å². The molecule has 0 saturated heterocycles. The standard InChI is InChI=1S/C12H8F3N3OS/c13-12(14,15)9-1-7-3-17-18-10(7)2-11(9)19-4-8-5-20-6-16-8/h1-3,5-6H,4H2,(H,17,18). The topological polar surface area (TPSA) is 50.8 Å². The number of rotatable bonds is 3. The Hall–Kier alpha value is -2.09. The molecule has 0 atom stereocenters. The molecular formula is C12H8F3N3OS. The Morgan fingerprint density at radius 2 is 2.15 bits per heavy atom. The lowest BCUT2D eigenvalue weighted by Gasteiger charge is -2.13. The van der Waals surface area contributed by atoms with Gasteiger partial charge in [0.2, 0.25) is 0 Å². The zero-order valence-corrected chi connectivity index (χ0v) is 10.8. The minimum atomic E-state index is -4.48. The Balaban J connectivity index is 1.98. The summed E-state index contributed by atoms with van der Waals surface area (Å²) in [7, 11) is 0. The maximum absolute atomic E-state index is 13.0. The zero-order valence-electron chi connectivity index (χ0n) is 9.94. The third-order valence-corrected chi connectivity index (χ3v) is 3.34. The molecule has 0 saturated carbocycles. The van der Waals surface area contributed by atoms with Gasteiger partial charge in [-0.2, -0.15) is 18.3 Å². The van der Waals surface area contributed by atoms with E-state index in [9.17, 15) is 13.2 Å². The average molecular weight is 299 g/mol. The van der Waals surface area contributed by atoms with Crippen LogP contribution in [-0.2, 0) is 12.8 Å². The molecule has 3 aromatic rings. The van der Waals surface area contributed by atoms with Crippen LogP contribution in [0.4, 0.5) is 13.2 Å². The number of hydrogen-bond donors (Lipinski definition) is 1. The van der Waals surface area contributed by atoms with Gasteiger partial charge in [-0.15, -0.1) is 11.3 Å². The van der Waals surface area contributed by atoms with E-state index in [2.05, 4.69) is 15.2 Å². The van der Waals surface area contributed by atoms with E-state index in [4.69, 9.17) is 4.74 Å². The van der Waals surface area contributed by atoms with E-state index in [1.54, 1.807) is 10.9 Å². The normalized spacial score (nSPS) is 11.9. The van der Waals surface area contributed by atoms with Gasteiger partial charge in [-0.1, -0.05) is 0 Å². The minimum absolute atomic E-state index is 0.00771. The third kappa shape index (κ3) is 2.46. The number of thiazole rings is 1. The number of aromatic nitrogens is 3. The van der Waals surface area contributed by atoms with Gasteiger partial charge in [0.25, 0.3) is 0 Å². The molecular weight excluding hydrogens is 291 g/mol. The summed E-state index contributed by atoms with van der Waals surface area (Å²) in [5, 5.41) is 8.45. The van der Waals surface area contributed by atoms with Crippen molar-refractivity contribution in [2.75, 3.05) is 0 Å². The number of hydrogen-bond acceptors (Lipinski definition) is 4. The van der Waals surface area contributed by atoms with Gasteiger partial charge in [0, 0.05) is 16.8 Å². The van der Waals surface area contributed by atoms with E-state index >= 15 is 0 Å². The van der Waals surface area contributed by atoms with Gasteiger partial charge in [0.05, 0.1) is 28.5 Å². The van der Waals surface area contributed by atoms with Crippen LogP contribution in [0.15, 0.2) is 29.2 Å². The molecule has 1 N–H and O–H groups in total. The molecule has 104 valence electrons. The van der Waals surface area contributed by atoms with Crippen LogP contribution < -0.4 is 4.74 Å². The molecule has 8 heteroatoms. The van der Waals surface area contributed by atoms with Gasteiger partial charge in [0.15, 0.2) is 0 Å². The van der Waals surface area contributed by atoms with E-state index in [0.29, 0.717) is 16.6 Å². The fourth-order valence-electron chi connectivity index (χ4n) is 1.77. The lowest BCUT2D eigenvalue weighted by molar-refractivity contribution is -0.138. The van der Waals surface area contributed by atoms with E-state index in [1.165, 1.54) is 23.6 Å². The van der Waals surface area contributed by atoms with E-state index < -0.39 is 11.7 Å². The third-order valence-electron chi connectivity index (χ3n) is 2.70. The highest BCUT2D eigenvalue weighted by Crippen LogP contribution is 2.38. The fraction of sp³-hybridized carbons (Fsp3) is 0.167. The molecule has 0 spiro atoms. The number of aromatic amines is 1. The molecule has 0 unspecified atom stereocenters. The van der Waals surface area contributed by atoms with Gasteiger partial charge < -0.3 is 4.74 Å². The Kier molecular flexibility index (Phi) is 3.09. The molecule has 2 aromatic heterocycles. The highest BCUT2D eigenvalue weighted by atomic mass is 32.1. The first-order valence-electron chi connectivity index (χ1n) is 5.58. The number of fused-ring (bicyclic) bond motifs is 1. The highest BCUT2D eigenvalue weighted by Gasteiger charge is 2.35. The largest absolute Gasteiger partial charge is 0.487 e. The van der Waals surface area contributed by atoms with Gasteiger partial charge in [-0.25, -0.2) is 4.98 Å². The van der Waals surface area contributed by atoms with Crippen molar-refractivity contribution < 1.29 is 17.9 Å². The molecule has 0 aliphatic rings. The first kappa shape index (κ1) is 12.9. The van der Waals surface area contributed by atoms with E-state index in [-0.39, 0.29) is 12.4 Å². The summed E-state index contributed by atoms with van der Waals surface area (Å²) in [5.74, 6) is -0.234. The molecule has 0 radical (unpaired) electrons. The molecule has 0 aliphatic heterocycles. The molecule has 0 bridgehead atoms. The second-order valence-corrected chi connectivity index (χ2v) is 4.79. The minimum Gasteiger partial charge on any atom is -0.487 e. The van der Waals surface area contributed by atoms with Gasteiger partial charge >= 0.3 is 6.18 Å². The summed E-state index contributed by atoms with van der Waals surface area (Å²) in [4.78, 5) is 3.97. The molecule has 4 nitrogen and oxygen atoms in total. The molecule has 2 heterocycles. The predicted molar refractivity (Wildman–Crippen MR) is 67.5 cm³/mol. The molecule has 3 rings (SSSR count). The van der Waals surface area contributed by atoms with Crippen LogP contribution in [0, 0.1) is 0 Å². The number of halogens is 3. The molecule has 0 aliphatic carbocycles. The molecule has 0 amide bonds. The number of nitrogens with zero attached hydrogens (tertiary/aromatic N) is 2. The first-order chi connectivity index (χ1) is 9.54. The smallest absolute Gasteiger partial charge is 0.419 e. The van der Waals surface area contributed by atoms with Crippen molar-refractivity contribution in [3.63, 3.8) is 0 Å². The maximum atomic E-state index is 13.0. The lowest BCUT2D eigenvalue weighted by Crippen LogP contribution is -2.09. The quantitative estimate of drug-likeness (QED) is 0.803. The van der Waals surface area contributed by atoms with Crippen molar-refractivity contribution in [2.45, 2.75) is 12.8 Å². The second-order valence-electron chi connectivity index (χ2n) is 4.07. The van der Waals surface area contributed by atoms with Crippen molar-refractivity contribution in [1.29, 1.82) is 0 Å². The summed E-state index contributed by atoms with van der Waals surface area (Å²) in [6.45, 7) is -0.00771. The fourth-order valence-corrected chi connectivity index (χ4v) is 2.32. The predicted octanol–water partition coefficient (Wildman–Crippen LogP) is 3.62. The SMILES string of the molecule is FC(F)(F)c1cc2cn[nH]c2cc1OCc1cscn1. The van der Waals surface area contributed by atoms with Crippen molar-refractivity contribution in [3.05, 3.63) is 40.5 Å². The molecule has 1 aromatic carbocycles. The Morgan fingerprint density at radius 1 is 1.30 bits per heavy atom. The van der Waals surface area contributed by atoms with Gasteiger partial charge in [0.1, 0.15) is 12.4 Å². The molecule has 0 fully saturated rings. The van der Waals surface area contributed by atoms with Crippen LogP contribution >= 0.6 is 11.3 Å². The zero-order chi connectivity index (χ0) is 14.2. The summed E-state index contributed by atoms with van der Waals surface area (Å²) in [6, 6.07) is 2.33. The monoisotopic (exact) mass is 299 g/mol. The van der Waals surface area contributed by atoms with Crippen LogP contribution in [0.5, 0.6) is 5.75 Å².